The fourth-order valence-electron chi connectivity index (χ4n) is 3.98. The molecule has 1 aliphatic rings. The molecule has 0 saturated carbocycles. The first-order chi connectivity index (χ1) is 17.1. The molecule has 0 bridgehead atoms. The number of amides is 2. The zero-order valence-corrected chi connectivity index (χ0v) is 19.5. The maximum Gasteiger partial charge on any atom is 0.260 e. The van der Waals surface area contributed by atoms with Crippen molar-refractivity contribution in [3.8, 4) is 11.4 Å². The summed E-state index contributed by atoms with van der Waals surface area (Å²) in [6.07, 6.45) is 7.09. The molecule has 0 radical (unpaired) electrons. The predicted octanol–water partition coefficient (Wildman–Crippen LogP) is 4.43. The van der Waals surface area contributed by atoms with Crippen molar-refractivity contribution in [1.29, 1.82) is 0 Å². The summed E-state index contributed by atoms with van der Waals surface area (Å²) in [5, 5.41) is 8.79. The quantitative estimate of drug-likeness (QED) is 0.368. The summed E-state index contributed by atoms with van der Waals surface area (Å²) in [5.74, 6) is 0.194. The number of imide groups is 1. The lowest BCUT2D eigenvalue weighted by atomic mass is 10.2. The SMILES string of the molecule is O=C(c1ccc(F)cc1)N1CCCC[C@@H](Sc2nnc(-c3cccnc3)n2Cc2ccco2)C1=O. The van der Waals surface area contributed by atoms with Crippen LogP contribution in [0.4, 0.5) is 4.39 Å². The van der Waals surface area contributed by atoms with Gasteiger partial charge in [-0.25, -0.2) is 4.39 Å². The van der Waals surface area contributed by atoms with E-state index < -0.39 is 17.0 Å². The van der Waals surface area contributed by atoms with Crippen LogP contribution in [0.2, 0.25) is 0 Å². The molecule has 3 aromatic heterocycles. The number of benzene rings is 1. The highest BCUT2D eigenvalue weighted by atomic mass is 32.2. The molecule has 4 aromatic rings. The fourth-order valence-corrected chi connectivity index (χ4v) is 5.11. The first-order valence-corrected chi connectivity index (χ1v) is 12.1. The summed E-state index contributed by atoms with van der Waals surface area (Å²) >= 11 is 1.29. The summed E-state index contributed by atoms with van der Waals surface area (Å²) in [6.45, 7) is 0.706. The van der Waals surface area contributed by atoms with Crippen molar-refractivity contribution in [2.24, 2.45) is 0 Å². The van der Waals surface area contributed by atoms with Crippen molar-refractivity contribution >= 4 is 23.6 Å². The van der Waals surface area contributed by atoms with Gasteiger partial charge in [-0.05, 0) is 61.4 Å². The smallest absolute Gasteiger partial charge is 0.260 e. The molecule has 5 rings (SSSR count). The Hall–Kier alpha value is -3.79. The summed E-state index contributed by atoms with van der Waals surface area (Å²) in [4.78, 5) is 32.0. The molecule has 4 heterocycles. The standard InChI is InChI=1S/C25H22FN5O3S/c26-19-10-8-17(9-11-19)23(32)30-13-2-1-7-21(24(30)33)35-25-29-28-22(18-5-3-12-27-15-18)31(25)16-20-6-4-14-34-20/h3-6,8-12,14-15,21H,1-2,7,13,16H2/t21-/m1/s1. The van der Waals surface area contributed by atoms with Crippen LogP contribution >= 0.6 is 11.8 Å². The van der Waals surface area contributed by atoms with E-state index in [2.05, 4.69) is 15.2 Å². The summed E-state index contributed by atoms with van der Waals surface area (Å²) in [7, 11) is 0. The molecule has 1 fully saturated rings. The number of likely N-dealkylation sites (tertiary alicyclic amines) is 1. The lowest BCUT2D eigenvalue weighted by Crippen LogP contribution is -2.41. The molecule has 1 aromatic carbocycles. The van der Waals surface area contributed by atoms with E-state index in [0.717, 1.165) is 17.7 Å². The van der Waals surface area contributed by atoms with E-state index in [0.29, 0.717) is 36.9 Å². The Labute approximate surface area is 205 Å². The third-order valence-corrected chi connectivity index (χ3v) is 6.99. The van der Waals surface area contributed by atoms with Crippen molar-refractivity contribution in [2.45, 2.75) is 36.2 Å². The molecular weight excluding hydrogens is 469 g/mol. The molecule has 35 heavy (non-hydrogen) atoms. The molecule has 0 spiro atoms. The van der Waals surface area contributed by atoms with Gasteiger partial charge in [-0.15, -0.1) is 10.2 Å². The number of carbonyl (C=O) groups excluding carboxylic acids is 2. The lowest BCUT2D eigenvalue weighted by Gasteiger charge is -2.22. The van der Waals surface area contributed by atoms with E-state index >= 15 is 0 Å². The van der Waals surface area contributed by atoms with Crippen LogP contribution in [0, 0.1) is 5.82 Å². The van der Waals surface area contributed by atoms with Gasteiger partial charge in [-0.2, -0.15) is 0 Å². The second-order valence-corrected chi connectivity index (χ2v) is 9.29. The molecular formula is C25H22FN5O3S. The van der Waals surface area contributed by atoms with Gasteiger partial charge in [0, 0.05) is 30.1 Å². The number of thioether (sulfide) groups is 1. The molecule has 0 N–H and O–H groups in total. The van der Waals surface area contributed by atoms with Crippen LogP contribution in [-0.2, 0) is 11.3 Å². The number of pyridine rings is 1. The number of halogens is 1. The number of aromatic nitrogens is 4. The minimum atomic E-state index is -0.511. The monoisotopic (exact) mass is 491 g/mol. The van der Waals surface area contributed by atoms with Gasteiger partial charge >= 0.3 is 0 Å². The highest BCUT2D eigenvalue weighted by molar-refractivity contribution is 8.00. The van der Waals surface area contributed by atoms with Crippen molar-refractivity contribution in [3.05, 3.63) is 84.3 Å². The van der Waals surface area contributed by atoms with Gasteiger partial charge < -0.3 is 4.42 Å². The molecule has 8 nitrogen and oxygen atoms in total. The minimum absolute atomic E-state index is 0.280. The third-order valence-electron chi connectivity index (χ3n) is 5.75. The summed E-state index contributed by atoms with van der Waals surface area (Å²) in [5.41, 5.74) is 1.07. The van der Waals surface area contributed by atoms with E-state index in [4.69, 9.17) is 4.42 Å². The van der Waals surface area contributed by atoms with Crippen molar-refractivity contribution in [1.82, 2.24) is 24.6 Å². The Morgan fingerprint density at radius 2 is 1.97 bits per heavy atom. The highest BCUT2D eigenvalue weighted by Crippen LogP contribution is 2.32. The van der Waals surface area contributed by atoms with Gasteiger partial charge in [0.05, 0.1) is 18.1 Å². The molecule has 2 amide bonds. The Morgan fingerprint density at radius 3 is 2.71 bits per heavy atom. The van der Waals surface area contributed by atoms with Gasteiger partial charge in [-0.3, -0.25) is 24.0 Å². The molecule has 178 valence electrons. The second-order valence-electron chi connectivity index (χ2n) is 8.12. The Bertz CT molecular complexity index is 1310. The molecule has 1 saturated heterocycles. The normalized spacial score (nSPS) is 16.3. The number of nitrogens with zero attached hydrogens (tertiary/aromatic N) is 5. The van der Waals surface area contributed by atoms with E-state index in [1.807, 2.05) is 28.8 Å². The van der Waals surface area contributed by atoms with Gasteiger partial charge in [0.15, 0.2) is 11.0 Å². The van der Waals surface area contributed by atoms with E-state index in [1.165, 1.54) is 40.9 Å². The number of rotatable bonds is 6. The third kappa shape index (κ3) is 5.02. The zero-order chi connectivity index (χ0) is 24.2. The van der Waals surface area contributed by atoms with Crippen LogP contribution < -0.4 is 0 Å². The van der Waals surface area contributed by atoms with E-state index in [1.54, 1.807) is 18.7 Å². The number of hydrogen-bond acceptors (Lipinski definition) is 7. The van der Waals surface area contributed by atoms with E-state index in [-0.39, 0.29) is 11.5 Å². The van der Waals surface area contributed by atoms with Crippen molar-refractivity contribution < 1.29 is 18.4 Å². The van der Waals surface area contributed by atoms with Crippen LogP contribution in [0.3, 0.4) is 0 Å². The van der Waals surface area contributed by atoms with Gasteiger partial charge in [0.25, 0.3) is 5.91 Å². The average Bonchev–Trinajstić information content (AvgIpc) is 3.50. The first kappa shape index (κ1) is 23.0. The highest BCUT2D eigenvalue weighted by Gasteiger charge is 2.33. The summed E-state index contributed by atoms with van der Waals surface area (Å²) < 4.78 is 20.8. The fraction of sp³-hybridized carbons (Fsp3) is 0.240. The number of carbonyl (C=O) groups is 2. The van der Waals surface area contributed by atoms with Crippen LogP contribution in [0.1, 0.15) is 35.4 Å². The Kier molecular flexibility index (Phi) is 6.71. The summed E-state index contributed by atoms with van der Waals surface area (Å²) in [6, 6.07) is 12.6. The van der Waals surface area contributed by atoms with Gasteiger partial charge in [0.1, 0.15) is 11.6 Å². The minimum Gasteiger partial charge on any atom is -0.467 e. The maximum absolute atomic E-state index is 13.5. The van der Waals surface area contributed by atoms with Crippen molar-refractivity contribution in [2.75, 3.05) is 6.54 Å². The predicted molar refractivity (Wildman–Crippen MR) is 127 cm³/mol. The maximum atomic E-state index is 13.5. The molecule has 1 atom stereocenters. The molecule has 0 aliphatic carbocycles. The Balaban J connectivity index is 1.43. The first-order valence-electron chi connectivity index (χ1n) is 11.2. The van der Waals surface area contributed by atoms with Gasteiger partial charge in [0.2, 0.25) is 5.91 Å². The van der Waals surface area contributed by atoms with Crippen molar-refractivity contribution in [3.63, 3.8) is 0 Å². The van der Waals surface area contributed by atoms with Crippen LogP contribution in [0.5, 0.6) is 0 Å². The zero-order valence-electron chi connectivity index (χ0n) is 18.7. The topological polar surface area (TPSA) is 94.1 Å². The van der Waals surface area contributed by atoms with Crippen LogP contribution in [-0.4, -0.2) is 48.3 Å². The lowest BCUT2D eigenvalue weighted by molar-refractivity contribution is -0.127. The van der Waals surface area contributed by atoms with Crippen LogP contribution in [0.15, 0.2) is 76.8 Å². The molecule has 1 aliphatic heterocycles. The van der Waals surface area contributed by atoms with E-state index in [9.17, 15) is 14.0 Å². The van der Waals surface area contributed by atoms with Crippen LogP contribution in [0.25, 0.3) is 11.4 Å². The average molecular weight is 492 g/mol. The molecule has 0 unspecified atom stereocenters. The number of hydrogen-bond donors (Lipinski definition) is 0. The largest absolute Gasteiger partial charge is 0.467 e. The number of furan rings is 1. The van der Waals surface area contributed by atoms with Gasteiger partial charge in [-0.1, -0.05) is 18.2 Å². The second kappa shape index (κ2) is 10.2. The molecule has 10 heteroatoms. The Morgan fingerprint density at radius 1 is 1.11 bits per heavy atom.